The van der Waals surface area contributed by atoms with Crippen LogP contribution in [0.5, 0.6) is 0 Å². The Kier molecular flexibility index (Phi) is 3.18. The van der Waals surface area contributed by atoms with E-state index in [0.29, 0.717) is 6.20 Å². The molecule has 1 rings (SSSR count). The van der Waals surface area contributed by atoms with E-state index in [1.807, 2.05) is 0 Å². The Bertz CT molecular complexity index is 374. The fraction of sp³-hybridized carbons (Fsp3) is 0.375. The second-order valence-corrected chi connectivity index (χ2v) is 3.16. The van der Waals surface area contributed by atoms with Gasteiger partial charge in [-0.05, 0) is 12.5 Å². The molecule has 0 radical (unpaired) electrons. The zero-order chi connectivity index (χ0) is 11.8. The van der Waals surface area contributed by atoms with Gasteiger partial charge in [0, 0.05) is 11.8 Å². The molecule has 0 aliphatic heterocycles. The standard InChI is InChI=1S/C8H5ClF5N/c1-3-4(7(10)11)2-15-6(9)5(3)8(12,13)14/h2,7H,1H3. The molecule has 0 saturated heterocycles. The predicted octanol–water partition coefficient (Wildman–Crippen LogP) is 4.00. The van der Waals surface area contributed by atoms with Gasteiger partial charge in [0.2, 0.25) is 0 Å². The number of halogens is 6. The third-order valence-electron chi connectivity index (χ3n) is 1.85. The highest BCUT2D eigenvalue weighted by Gasteiger charge is 2.37. The first-order chi connectivity index (χ1) is 6.75. The zero-order valence-corrected chi connectivity index (χ0v) is 8.13. The summed E-state index contributed by atoms with van der Waals surface area (Å²) in [6.45, 7) is 0.942. The lowest BCUT2D eigenvalue weighted by Gasteiger charge is -2.14. The molecule has 1 aromatic heterocycles. The predicted molar refractivity (Wildman–Crippen MR) is 43.9 cm³/mol. The van der Waals surface area contributed by atoms with Gasteiger partial charge < -0.3 is 0 Å². The summed E-state index contributed by atoms with van der Waals surface area (Å²) in [5.74, 6) is 0. The van der Waals surface area contributed by atoms with Crippen LogP contribution in [0.25, 0.3) is 0 Å². The van der Waals surface area contributed by atoms with E-state index in [4.69, 9.17) is 11.6 Å². The van der Waals surface area contributed by atoms with Gasteiger partial charge in [0.1, 0.15) is 5.15 Å². The summed E-state index contributed by atoms with van der Waals surface area (Å²) >= 11 is 5.21. The molecule has 0 aromatic carbocycles. The molecule has 0 aliphatic carbocycles. The number of rotatable bonds is 1. The van der Waals surface area contributed by atoms with Crippen LogP contribution < -0.4 is 0 Å². The van der Waals surface area contributed by atoms with Gasteiger partial charge in [-0.3, -0.25) is 0 Å². The van der Waals surface area contributed by atoms with Gasteiger partial charge in [-0.1, -0.05) is 11.6 Å². The topological polar surface area (TPSA) is 12.9 Å². The van der Waals surface area contributed by atoms with E-state index >= 15 is 0 Å². The summed E-state index contributed by atoms with van der Waals surface area (Å²) < 4.78 is 61.7. The highest BCUT2D eigenvalue weighted by atomic mass is 35.5. The van der Waals surface area contributed by atoms with Crippen LogP contribution in [-0.4, -0.2) is 4.98 Å². The molecule has 0 amide bonds. The van der Waals surface area contributed by atoms with E-state index in [1.165, 1.54) is 0 Å². The van der Waals surface area contributed by atoms with Crippen molar-refractivity contribution in [2.75, 3.05) is 0 Å². The van der Waals surface area contributed by atoms with Crippen LogP contribution in [0.3, 0.4) is 0 Å². The number of pyridine rings is 1. The van der Waals surface area contributed by atoms with Crippen molar-refractivity contribution in [3.05, 3.63) is 28.0 Å². The third-order valence-corrected chi connectivity index (χ3v) is 2.14. The maximum atomic E-state index is 12.4. The number of aromatic nitrogens is 1. The Labute approximate surface area is 86.9 Å². The maximum absolute atomic E-state index is 12.4. The minimum Gasteiger partial charge on any atom is -0.243 e. The smallest absolute Gasteiger partial charge is 0.243 e. The molecule has 0 atom stereocenters. The van der Waals surface area contributed by atoms with E-state index < -0.39 is 34.4 Å². The van der Waals surface area contributed by atoms with Gasteiger partial charge in [0.25, 0.3) is 6.43 Å². The van der Waals surface area contributed by atoms with Gasteiger partial charge >= 0.3 is 6.18 Å². The summed E-state index contributed by atoms with van der Waals surface area (Å²) in [7, 11) is 0. The van der Waals surface area contributed by atoms with Crippen LogP contribution in [-0.2, 0) is 6.18 Å². The molecule has 1 nitrogen and oxygen atoms in total. The molecular formula is C8H5ClF5N. The van der Waals surface area contributed by atoms with Crippen LogP contribution in [0.4, 0.5) is 22.0 Å². The summed E-state index contributed by atoms with van der Waals surface area (Å²) in [5.41, 5.74) is -2.65. The van der Waals surface area contributed by atoms with E-state index in [1.54, 1.807) is 0 Å². The first-order valence-corrected chi connectivity index (χ1v) is 4.13. The molecule has 0 N–H and O–H groups in total. The summed E-state index contributed by atoms with van der Waals surface area (Å²) in [6, 6.07) is 0. The van der Waals surface area contributed by atoms with Crippen molar-refractivity contribution in [1.82, 2.24) is 4.98 Å². The van der Waals surface area contributed by atoms with Crippen LogP contribution >= 0.6 is 11.6 Å². The molecule has 0 saturated carbocycles. The summed E-state index contributed by atoms with van der Waals surface area (Å²) in [5, 5.41) is -0.815. The molecule has 0 aliphatic rings. The van der Waals surface area contributed by atoms with Crippen molar-refractivity contribution < 1.29 is 22.0 Å². The fourth-order valence-electron chi connectivity index (χ4n) is 1.14. The average Bonchev–Trinajstić information content (AvgIpc) is 2.00. The van der Waals surface area contributed by atoms with E-state index in [0.717, 1.165) is 6.92 Å². The molecule has 0 fully saturated rings. The van der Waals surface area contributed by atoms with E-state index in [2.05, 4.69) is 4.98 Å². The molecule has 0 spiro atoms. The lowest BCUT2D eigenvalue weighted by Crippen LogP contribution is -2.11. The second kappa shape index (κ2) is 3.92. The lowest BCUT2D eigenvalue weighted by atomic mass is 10.1. The van der Waals surface area contributed by atoms with Gasteiger partial charge in [0.15, 0.2) is 0 Å². The highest BCUT2D eigenvalue weighted by Crippen LogP contribution is 2.38. The lowest BCUT2D eigenvalue weighted by molar-refractivity contribution is -0.138. The Balaban J connectivity index is 3.44. The minimum absolute atomic E-state index is 0.586. The first-order valence-electron chi connectivity index (χ1n) is 3.75. The van der Waals surface area contributed by atoms with Crippen molar-refractivity contribution in [3.8, 4) is 0 Å². The average molecular weight is 246 g/mol. The van der Waals surface area contributed by atoms with Crippen LogP contribution in [0.1, 0.15) is 23.1 Å². The highest BCUT2D eigenvalue weighted by molar-refractivity contribution is 6.30. The van der Waals surface area contributed by atoms with Gasteiger partial charge in [-0.15, -0.1) is 0 Å². The minimum atomic E-state index is -4.78. The molecular weight excluding hydrogens is 241 g/mol. The largest absolute Gasteiger partial charge is 0.419 e. The van der Waals surface area contributed by atoms with E-state index in [-0.39, 0.29) is 0 Å². The summed E-state index contributed by atoms with van der Waals surface area (Å²) in [4.78, 5) is 3.09. The molecule has 0 bridgehead atoms. The molecule has 1 heterocycles. The maximum Gasteiger partial charge on any atom is 0.419 e. The van der Waals surface area contributed by atoms with Crippen molar-refractivity contribution >= 4 is 11.6 Å². The molecule has 1 aromatic rings. The quantitative estimate of drug-likeness (QED) is 0.538. The Morgan fingerprint density at radius 2 is 1.87 bits per heavy atom. The first kappa shape index (κ1) is 12.2. The fourth-order valence-corrected chi connectivity index (χ4v) is 1.43. The van der Waals surface area contributed by atoms with Crippen LogP contribution in [0.15, 0.2) is 6.20 Å². The molecule has 15 heavy (non-hydrogen) atoms. The van der Waals surface area contributed by atoms with Crippen molar-refractivity contribution in [2.45, 2.75) is 19.5 Å². The number of hydrogen-bond donors (Lipinski definition) is 0. The third kappa shape index (κ3) is 2.37. The zero-order valence-electron chi connectivity index (χ0n) is 7.37. The Morgan fingerprint density at radius 3 is 2.27 bits per heavy atom. The Morgan fingerprint density at radius 1 is 1.33 bits per heavy atom. The normalized spacial score (nSPS) is 12.3. The summed E-state index contributed by atoms with van der Waals surface area (Å²) in [6.07, 6.45) is -7.13. The number of nitrogens with zero attached hydrogens (tertiary/aromatic N) is 1. The SMILES string of the molecule is Cc1c(C(F)F)cnc(Cl)c1C(F)(F)F. The van der Waals surface area contributed by atoms with E-state index in [9.17, 15) is 22.0 Å². The van der Waals surface area contributed by atoms with Crippen molar-refractivity contribution in [2.24, 2.45) is 0 Å². The van der Waals surface area contributed by atoms with Crippen LogP contribution in [0, 0.1) is 6.92 Å². The second-order valence-electron chi connectivity index (χ2n) is 2.80. The van der Waals surface area contributed by atoms with Gasteiger partial charge in [-0.2, -0.15) is 13.2 Å². The monoisotopic (exact) mass is 245 g/mol. The number of hydrogen-bond acceptors (Lipinski definition) is 1. The van der Waals surface area contributed by atoms with Crippen LogP contribution in [0.2, 0.25) is 5.15 Å². The van der Waals surface area contributed by atoms with Crippen molar-refractivity contribution in [3.63, 3.8) is 0 Å². The van der Waals surface area contributed by atoms with Crippen molar-refractivity contribution in [1.29, 1.82) is 0 Å². The molecule has 7 heteroatoms. The number of alkyl halides is 5. The van der Waals surface area contributed by atoms with Gasteiger partial charge in [-0.25, -0.2) is 13.8 Å². The Hall–Kier alpha value is -0.910. The van der Waals surface area contributed by atoms with Gasteiger partial charge in [0.05, 0.1) is 5.56 Å². The molecule has 84 valence electrons. The molecule has 0 unspecified atom stereocenters.